The number of amides is 2. The number of benzene rings is 1. The Hall–Kier alpha value is -2.34. The van der Waals surface area contributed by atoms with Crippen molar-refractivity contribution < 1.29 is 9.90 Å². The first-order chi connectivity index (χ1) is 11.2. The summed E-state index contributed by atoms with van der Waals surface area (Å²) in [6.45, 7) is 3.43. The summed E-state index contributed by atoms with van der Waals surface area (Å²) in [6, 6.07) is 9.65. The summed E-state index contributed by atoms with van der Waals surface area (Å²) in [5, 5.41) is 19.2. The van der Waals surface area contributed by atoms with Gasteiger partial charge < -0.3 is 15.7 Å². The maximum Gasteiger partial charge on any atom is 0.315 e. The number of hydrogen-bond donors (Lipinski definition) is 3. The highest BCUT2D eigenvalue weighted by molar-refractivity contribution is 5.73. The first-order valence-electron chi connectivity index (χ1n) is 7.92. The molecule has 0 saturated carbocycles. The van der Waals surface area contributed by atoms with Gasteiger partial charge in [-0.1, -0.05) is 37.6 Å². The van der Waals surface area contributed by atoms with Crippen LogP contribution in [0, 0.1) is 0 Å². The van der Waals surface area contributed by atoms with E-state index in [4.69, 9.17) is 0 Å². The molecule has 2 aromatic rings. The Kier molecular flexibility index (Phi) is 6.62. The third-order valence-corrected chi connectivity index (χ3v) is 3.47. The van der Waals surface area contributed by atoms with Gasteiger partial charge in [-0.05, 0) is 23.6 Å². The Labute approximate surface area is 136 Å². The van der Waals surface area contributed by atoms with Gasteiger partial charge in [0.25, 0.3) is 0 Å². The molecule has 1 aromatic carbocycles. The van der Waals surface area contributed by atoms with Crippen molar-refractivity contribution in [2.75, 3.05) is 6.54 Å². The number of nitrogens with one attached hydrogen (secondary N) is 2. The number of carbonyl (C=O) groups is 1. The van der Waals surface area contributed by atoms with Crippen LogP contribution < -0.4 is 10.6 Å². The van der Waals surface area contributed by atoms with E-state index in [2.05, 4.69) is 15.7 Å². The molecule has 0 aliphatic carbocycles. The molecule has 2 rings (SSSR count). The van der Waals surface area contributed by atoms with Crippen LogP contribution in [0.3, 0.4) is 0 Å². The van der Waals surface area contributed by atoms with Crippen LogP contribution in [-0.4, -0.2) is 33.6 Å². The SMILES string of the molecule is CCCC(O)CNC(=O)NCc1cccc(Cn2cccn2)c1. The van der Waals surface area contributed by atoms with Gasteiger partial charge in [0.05, 0.1) is 12.6 Å². The Bertz CT molecular complexity index is 598. The molecule has 6 heteroatoms. The van der Waals surface area contributed by atoms with Crippen LogP contribution in [0.4, 0.5) is 4.79 Å². The molecule has 0 aliphatic rings. The fourth-order valence-electron chi connectivity index (χ4n) is 2.31. The van der Waals surface area contributed by atoms with Gasteiger partial charge in [0.15, 0.2) is 0 Å². The second-order valence-corrected chi connectivity index (χ2v) is 5.53. The smallest absolute Gasteiger partial charge is 0.315 e. The van der Waals surface area contributed by atoms with Gasteiger partial charge in [0, 0.05) is 25.5 Å². The summed E-state index contributed by atoms with van der Waals surface area (Å²) in [4.78, 5) is 11.7. The molecule has 0 saturated heterocycles. The monoisotopic (exact) mass is 316 g/mol. The second-order valence-electron chi connectivity index (χ2n) is 5.53. The molecule has 1 aromatic heterocycles. The molecule has 23 heavy (non-hydrogen) atoms. The number of urea groups is 1. The molecule has 1 atom stereocenters. The third-order valence-electron chi connectivity index (χ3n) is 3.47. The lowest BCUT2D eigenvalue weighted by Gasteiger charge is -2.12. The van der Waals surface area contributed by atoms with E-state index in [-0.39, 0.29) is 12.6 Å². The molecule has 1 unspecified atom stereocenters. The van der Waals surface area contributed by atoms with Crippen molar-refractivity contribution in [1.82, 2.24) is 20.4 Å². The summed E-state index contributed by atoms with van der Waals surface area (Å²) >= 11 is 0. The number of carbonyl (C=O) groups excluding carboxylic acids is 1. The molecule has 2 amide bonds. The summed E-state index contributed by atoms with van der Waals surface area (Å²) in [5.41, 5.74) is 2.16. The number of aliphatic hydroxyl groups is 1. The zero-order valence-electron chi connectivity index (χ0n) is 13.4. The highest BCUT2D eigenvalue weighted by Crippen LogP contribution is 2.07. The van der Waals surface area contributed by atoms with Crippen molar-refractivity contribution in [3.05, 3.63) is 53.9 Å². The maximum absolute atomic E-state index is 11.7. The molecule has 0 radical (unpaired) electrons. The average Bonchev–Trinajstić information content (AvgIpc) is 3.04. The number of aromatic nitrogens is 2. The van der Waals surface area contributed by atoms with Crippen LogP contribution in [0.15, 0.2) is 42.7 Å². The van der Waals surface area contributed by atoms with Crippen molar-refractivity contribution in [1.29, 1.82) is 0 Å². The molecular weight excluding hydrogens is 292 g/mol. The standard InChI is InChI=1S/C17H24N4O2/c1-2-5-16(22)12-19-17(23)18-11-14-6-3-7-15(10-14)13-21-9-4-8-20-21/h3-4,6-10,16,22H,2,5,11-13H2,1H3,(H2,18,19,23). The predicted octanol–water partition coefficient (Wildman–Crippen LogP) is 1.89. The van der Waals surface area contributed by atoms with E-state index >= 15 is 0 Å². The molecular formula is C17H24N4O2. The summed E-state index contributed by atoms with van der Waals surface area (Å²) in [5.74, 6) is 0. The van der Waals surface area contributed by atoms with Crippen molar-refractivity contribution in [3.63, 3.8) is 0 Å². The Morgan fingerprint density at radius 1 is 1.30 bits per heavy atom. The number of rotatable bonds is 8. The second kappa shape index (κ2) is 8.95. The average molecular weight is 316 g/mol. The van der Waals surface area contributed by atoms with Crippen molar-refractivity contribution in [3.8, 4) is 0 Å². The Morgan fingerprint density at radius 3 is 2.87 bits per heavy atom. The van der Waals surface area contributed by atoms with E-state index in [0.717, 1.165) is 17.5 Å². The first kappa shape index (κ1) is 17.0. The lowest BCUT2D eigenvalue weighted by molar-refractivity contribution is 0.160. The number of hydrogen-bond acceptors (Lipinski definition) is 3. The topological polar surface area (TPSA) is 79.2 Å². The van der Waals surface area contributed by atoms with Gasteiger partial charge in [-0.25, -0.2) is 4.79 Å². The van der Waals surface area contributed by atoms with Gasteiger partial charge in [0.2, 0.25) is 0 Å². The number of nitrogens with zero attached hydrogens (tertiary/aromatic N) is 2. The molecule has 6 nitrogen and oxygen atoms in total. The zero-order valence-corrected chi connectivity index (χ0v) is 13.4. The highest BCUT2D eigenvalue weighted by atomic mass is 16.3. The Morgan fingerprint density at radius 2 is 2.13 bits per heavy atom. The highest BCUT2D eigenvalue weighted by Gasteiger charge is 2.06. The summed E-state index contributed by atoms with van der Waals surface area (Å²) < 4.78 is 1.86. The van der Waals surface area contributed by atoms with Crippen LogP contribution in [0.25, 0.3) is 0 Å². The van der Waals surface area contributed by atoms with Gasteiger partial charge >= 0.3 is 6.03 Å². The van der Waals surface area contributed by atoms with E-state index in [1.165, 1.54) is 0 Å². The maximum atomic E-state index is 11.7. The van der Waals surface area contributed by atoms with Crippen LogP contribution in [0.2, 0.25) is 0 Å². The van der Waals surface area contributed by atoms with Crippen LogP contribution >= 0.6 is 0 Å². The minimum absolute atomic E-state index is 0.266. The van der Waals surface area contributed by atoms with E-state index in [0.29, 0.717) is 19.5 Å². The van der Waals surface area contributed by atoms with Gasteiger partial charge in [-0.15, -0.1) is 0 Å². The lowest BCUT2D eigenvalue weighted by Crippen LogP contribution is -2.39. The Balaban J connectivity index is 1.78. The van der Waals surface area contributed by atoms with Crippen LogP contribution in [-0.2, 0) is 13.1 Å². The fraction of sp³-hybridized carbons (Fsp3) is 0.412. The fourth-order valence-corrected chi connectivity index (χ4v) is 2.31. The van der Waals surface area contributed by atoms with Gasteiger partial charge in [-0.3, -0.25) is 4.68 Å². The zero-order chi connectivity index (χ0) is 16.5. The van der Waals surface area contributed by atoms with Gasteiger partial charge in [-0.2, -0.15) is 5.10 Å². The van der Waals surface area contributed by atoms with Crippen LogP contribution in [0.5, 0.6) is 0 Å². The minimum atomic E-state index is -0.483. The van der Waals surface area contributed by atoms with Crippen LogP contribution in [0.1, 0.15) is 30.9 Å². The molecule has 1 heterocycles. The van der Waals surface area contributed by atoms with Crippen molar-refractivity contribution in [2.24, 2.45) is 0 Å². The van der Waals surface area contributed by atoms with Crippen molar-refractivity contribution in [2.45, 2.75) is 39.0 Å². The molecule has 3 N–H and O–H groups in total. The first-order valence-corrected chi connectivity index (χ1v) is 7.92. The molecule has 0 spiro atoms. The molecule has 0 fully saturated rings. The quantitative estimate of drug-likeness (QED) is 0.696. The van der Waals surface area contributed by atoms with E-state index in [1.807, 2.05) is 48.1 Å². The number of aliphatic hydroxyl groups excluding tert-OH is 1. The molecule has 124 valence electrons. The van der Waals surface area contributed by atoms with E-state index in [1.54, 1.807) is 6.20 Å². The minimum Gasteiger partial charge on any atom is -0.391 e. The lowest BCUT2D eigenvalue weighted by atomic mass is 10.1. The third kappa shape index (κ3) is 6.12. The molecule has 0 aliphatic heterocycles. The van der Waals surface area contributed by atoms with Gasteiger partial charge in [0.1, 0.15) is 0 Å². The van der Waals surface area contributed by atoms with E-state index in [9.17, 15) is 9.90 Å². The predicted molar refractivity (Wildman–Crippen MR) is 88.9 cm³/mol. The van der Waals surface area contributed by atoms with Crippen molar-refractivity contribution >= 4 is 6.03 Å². The van der Waals surface area contributed by atoms with E-state index < -0.39 is 6.10 Å². The summed E-state index contributed by atoms with van der Waals surface area (Å²) in [6.07, 6.45) is 4.77. The summed E-state index contributed by atoms with van der Waals surface area (Å²) in [7, 11) is 0. The normalized spacial score (nSPS) is 11.9. The largest absolute Gasteiger partial charge is 0.391 e. The molecule has 0 bridgehead atoms.